The molecule has 1 N–H and O–H groups in total. The first-order valence-corrected chi connectivity index (χ1v) is 4.26. The highest BCUT2D eigenvalue weighted by molar-refractivity contribution is 5.91. The predicted molar refractivity (Wildman–Crippen MR) is 51.1 cm³/mol. The zero-order valence-electron chi connectivity index (χ0n) is 8.52. The van der Waals surface area contributed by atoms with Crippen molar-refractivity contribution >= 4 is 11.7 Å². The van der Waals surface area contributed by atoms with Gasteiger partial charge in [-0.25, -0.2) is 13.6 Å². The number of aromatic hydroxyl groups is 1. The van der Waals surface area contributed by atoms with Crippen molar-refractivity contribution in [2.45, 2.75) is 6.43 Å². The number of carbonyl (C=O) groups is 1. The van der Waals surface area contributed by atoms with Crippen molar-refractivity contribution in [3.63, 3.8) is 0 Å². The zero-order chi connectivity index (χ0) is 13.2. The summed E-state index contributed by atoms with van der Waals surface area (Å²) in [5, 5.41) is 19.7. The topological polar surface area (TPSA) is 89.7 Å². The fraction of sp³-hybridized carbons (Fsp3) is 0.222. The third-order valence-corrected chi connectivity index (χ3v) is 1.97. The van der Waals surface area contributed by atoms with Crippen molar-refractivity contribution < 1.29 is 28.3 Å². The van der Waals surface area contributed by atoms with Crippen molar-refractivity contribution in [1.29, 1.82) is 0 Å². The van der Waals surface area contributed by atoms with Crippen molar-refractivity contribution in [2.24, 2.45) is 0 Å². The molecule has 92 valence electrons. The fourth-order valence-corrected chi connectivity index (χ4v) is 1.18. The normalized spacial score (nSPS) is 10.4. The highest BCUT2D eigenvalue weighted by Crippen LogP contribution is 2.37. The van der Waals surface area contributed by atoms with Gasteiger partial charge in [0.15, 0.2) is 0 Å². The van der Waals surface area contributed by atoms with E-state index in [9.17, 15) is 28.8 Å². The maximum Gasteiger partial charge on any atom is 0.338 e. The Morgan fingerprint density at radius 2 is 2.12 bits per heavy atom. The lowest BCUT2D eigenvalue weighted by molar-refractivity contribution is -0.386. The Hall–Kier alpha value is -2.25. The van der Waals surface area contributed by atoms with Crippen molar-refractivity contribution in [3.8, 4) is 5.75 Å². The molecule has 0 aromatic heterocycles. The second kappa shape index (κ2) is 4.73. The molecule has 0 unspecified atom stereocenters. The van der Waals surface area contributed by atoms with Crippen molar-refractivity contribution in [1.82, 2.24) is 0 Å². The molecule has 0 fully saturated rings. The summed E-state index contributed by atoms with van der Waals surface area (Å²) in [5.74, 6) is -2.16. The molecule has 0 aliphatic rings. The molecule has 0 heterocycles. The smallest absolute Gasteiger partial charge is 0.338 e. The number of methoxy groups -OCH3 is 1. The van der Waals surface area contributed by atoms with Gasteiger partial charge in [-0.15, -0.1) is 0 Å². The fourth-order valence-electron chi connectivity index (χ4n) is 1.18. The molecule has 0 saturated carbocycles. The number of carbonyl (C=O) groups excluding carboxylic acids is 1. The molecular weight excluding hydrogens is 240 g/mol. The summed E-state index contributed by atoms with van der Waals surface area (Å²) >= 11 is 0. The minimum atomic E-state index is -3.14. The molecule has 8 heteroatoms. The second-order valence-electron chi connectivity index (χ2n) is 2.98. The SMILES string of the molecule is COC(=O)c1cc(C(F)F)c(O)c([N+](=O)[O-])c1. The summed E-state index contributed by atoms with van der Waals surface area (Å²) in [5.41, 5.74) is -2.38. The summed E-state index contributed by atoms with van der Waals surface area (Å²) in [6.45, 7) is 0. The average molecular weight is 247 g/mol. The lowest BCUT2D eigenvalue weighted by Gasteiger charge is -2.06. The number of hydrogen-bond donors (Lipinski definition) is 1. The van der Waals surface area contributed by atoms with E-state index in [0.29, 0.717) is 12.1 Å². The molecule has 0 spiro atoms. The van der Waals surface area contributed by atoms with Crippen LogP contribution in [0.3, 0.4) is 0 Å². The number of nitro groups is 1. The van der Waals surface area contributed by atoms with E-state index < -0.39 is 39.9 Å². The van der Waals surface area contributed by atoms with Gasteiger partial charge in [0.05, 0.1) is 23.2 Å². The van der Waals surface area contributed by atoms with E-state index in [1.165, 1.54) is 0 Å². The molecule has 0 bridgehead atoms. The van der Waals surface area contributed by atoms with Gasteiger partial charge >= 0.3 is 11.7 Å². The summed E-state index contributed by atoms with van der Waals surface area (Å²) in [7, 11) is 1.00. The van der Waals surface area contributed by atoms with Gasteiger partial charge in [0.25, 0.3) is 6.43 Å². The first kappa shape index (κ1) is 12.8. The van der Waals surface area contributed by atoms with Crippen LogP contribution >= 0.6 is 0 Å². The maximum atomic E-state index is 12.5. The number of nitro benzene ring substituents is 1. The monoisotopic (exact) mass is 247 g/mol. The number of phenolic OH excluding ortho intramolecular Hbond substituents is 1. The predicted octanol–water partition coefficient (Wildman–Crippen LogP) is 2.02. The number of benzene rings is 1. The molecule has 1 rings (SSSR count). The van der Waals surface area contributed by atoms with E-state index in [1.54, 1.807) is 0 Å². The number of ether oxygens (including phenoxy) is 1. The van der Waals surface area contributed by atoms with Crippen LogP contribution < -0.4 is 0 Å². The zero-order valence-corrected chi connectivity index (χ0v) is 8.52. The first-order valence-electron chi connectivity index (χ1n) is 4.26. The number of nitrogens with zero attached hydrogens (tertiary/aromatic N) is 1. The lowest BCUT2D eigenvalue weighted by atomic mass is 10.1. The molecule has 6 nitrogen and oxygen atoms in total. The number of halogens is 2. The second-order valence-corrected chi connectivity index (χ2v) is 2.98. The van der Waals surface area contributed by atoms with Gasteiger partial charge in [-0.2, -0.15) is 0 Å². The minimum absolute atomic E-state index is 0.424. The van der Waals surface area contributed by atoms with Crippen LogP contribution in [0.15, 0.2) is 12.1 Å². The third kappa shape index (κ3) is 2.47. The highest BCUT2D eigenvalue weighted by atomic mass is 19.3. The van der Waals surface area contributed by atoms with Gasteiger partial charge in [0.2, 0.25) is 5.75 Å². The summed E-state index contributed by atoms with van der Waals surface area (Å²) < 4.78 is 29.2. The van der Waals surface area contributed by atoms with Crippen LogP contribution in [0.1, 0.15) is 22.3 Å². The van der Waals surface area contributed by atoms with Gasteiger partial charge in [-0.3, -0.25) is 10.1 Å². The molecule has 0 aliphatic carbocycles. The third-order valence-electron chi connectivity index (χ3n) is 1.97. The average Bonchev–Trinajstić information content (AvgIpc) is 2.27. The molecule has 0 atom stereocenters. The Kier molecular flexibility index (Phi) is 3.56. The Morgan fingerprint density at radius 3 is 2.53 bits per heavy atom. The number of esters is 1. The van der Waals surface area contributed by atoms with E-state index in [-0.39, 0.29) is 0 Å². The molecule has 0 aliphatic heterocycles. The standard InChI is InChI=1S/C9H7F2NO5/c1-17-9(14)4-2-5(8(10)11)7(13)6(3-4)12(15)16/h2-3,8,13H,1H3. The van der Waals surface area contributed by atoms with Crippen LogP contribution in [-0.2, 0) is 4.74 Å². The number of phenols is 1. The molecular formula is C9H7F2NO5. The van der Waals surface area contributed by atoms with Gasteiger partial charge < -0.3 is 9.84 Å². The highest BCUT2D eigenvalue weighted by Gasteiger charge is 2.26. The van der Waals surface area contributed by atoms with E-state index in [0.717, 1.165) is 7.11 Å². The van der Waals surface area contributed by atoms with Gasteiger partial charge in [0, 0.05) is 6.07 Å². The summed E-state index contributed by atoms with van der Waals surface area (Å²) in [6.07, 6.45) is -3.14. The van der Waals surface area contributed by atoms with Crippen LogP contribution in [0, 0.1) is 10.1 Å². The largest absolute Gasteiger partial charge is 0.502 e. The molecule has 0 radical (unpaired) electrons. The van der Waals surface area contributed by atoms with E-state index in [4.69, 9.17) is 0 Å². The minimum Gasteiger partial charge on any atom is -0.502 e. The summed E-state index contributed by atoms with van der Waals surface area (Å²) in [6, 6.07) is 1.33. The molecule has 0 saturated heterocycles. The number of hydrogen-bond acceptors (Lipinski definition) is 5. The molecule has 0 amide bonds. The Morgan fingerprint density at radius 1 is 1.53 bits per heavy atom. The van der Waals surface area contributed by atoms with Gasteiger partial charge in [-0.05, 0) is 6.07 Å². The molecule has 1 aromatic rings. The maximum absolute atomic E-state index is 12.5. The first-order chi connectivity index (χ1) is 7.88. The lowest BCUT2D eigenvalue weighted by Crippen LogP contribution is -2.04. The number of alkyl halides is 2. The van der Waals surface area contributed by atoms with Crippen LogP contribution in [0.25, 0.3) is 0 Å². The van der Waals surface area contributed by atoms with Crippen molar-refractivity contribution in [3.05, 3.63) is 33.4 Å². The molecule has 1 aromatic carbocycles. The molecule has 17 heavy (non-hydrogen) atoms. The van der Waals surface area contributed by atoms with E-state index in [1.807, 2.05) is 0 Å². The van der Waals surface area contributed by atoms with Crippen LogP contribution in [0.4, 0.5) is 14.5 Å². The van der Waals surface area contributed by atoms with Gasteiger partial charge in [0.1, 0.15) is 0 Å². The Labute approximate surface area is 93.6 Å². The van der Waals surface area contributed by atoms with Crippen LogP contribution in [0.2, 0.25) is 0 Å². The van der Waals surface area contributed by atoms with E-state index in [2.05, 4.69) is 4.74 Å². The Bertz CT molecular complexity index is 475. The summed E-state index contributed by atoms with van der Waals surface area (Å²) in [4.78, 5) is 20.5. The number of rotatable bonds is 3. The Balaban J connectivity index is 3.47. The van der Waals surface area contributed by atoms with Crippen molar-refractivity contribution in [2.75, 3.05) is 7.11 Å². The van der Waals surface area contributed by atoms with Crippen LogP contribution in [0.5, 0.6) is 5.75 Å². The quantitative estimate of drug-likeness (QED) is 0.501. The van der Waals surface area contributed by atoms with Gasteiger partial charge in [-0.1, -0.05) is 0 Å². The van der Waals surface area contributed by atoms with E-state index >= 15 is 0 Å². The van der Waals surface area contributed by atoms with Crippen LogP contribution in [-0.4, -0.2) is 23.1 Å².